The maximum atomic E-state index is 5.86. The van der Waals surface area contributed by atoms with Gasteiger partial charge in [-0.25, -0.2) is 4.99 Å². The molecule has 4 heteroatoms. The fourth-order valence-electron chi connectivity index (χ4n) is 2.69. The van der Waals surface area contributed by atoms with Crippen molar-refractivity contribution in [2.24, 2.45) is 10.7 Å². The first-order chi connectivity index (χ1) is 11.0. The van der Waals surface area contributed by atoms with E-state index in [2.05, 4.69) is 48.4 Å². The van der Waals surface area contributed by atoms with Crippen LogP contribution in [-0.4, -0.2) is 11.9 Å². The van der Waals surface area contributed by atoms with Gasteiger partial charge < -0.3 is 15.8 Å². The molecule has 23 heavy (non-hydrogen) atoms. The lowest BCUT2D eigenvalue weighted by molar-refractivity contribution is 0.281. The van der Waals surface area contributed by atoms with Gasteiger partial charge in [0.05, 0.1) is 0 Å². The Balaban J connectivity index is 1.66. The summed E-state index contributed by atoms with van der Waals surface area (Å²) in [6, 6.07) is 12.5. The van der Waals surface area contributed by atoms with Gasteiger partial charge in [-0.05, 0) is 55.2 Å². The van der Waals surface area contributed by atoms with Crippen LogP contribution in [0, 0.1) is 13.8 Å². The molecule has 1 unspecified atom stereocenters. The number of nitrogens with two attached hydrogens (primary N) is 1. The van der Waals surface area contributed by atoms with Crippen LogP contribution in [0.1, 0.15) is 29.2 Å². The molecule has 3 rings (SSSR count). The summed E-state index contributed by atoms with van der Waals surface area (Å²) in [7, 11) is 0. The summed E-state index contributed by atoms with van der Waals surface area (Å²) in [5.74, 6) is 1.32. The van der Waals surface area contributed by atoms with E-state index < -0.39 is 0 Å². The first kappa shape index (κ1) is 15.6. The molecular formula is C19H23N3O. The molecule has 0 radical (unpaired) electrons. The zero-order chi connectivity index (χ0) is 16.4. The Kier molecular flexibility index (Phi) is 4.35. The topological polar surface area (TPSA) is 59.6 Å². The Labute approximate surface area is 137 Å². The van der Waals surface area contributed by atoms with Gasteiger partial charge in [-0.15, -0.1) is 0 Å². The van der Waals surface area contributed by atoms with E-state index in [1.807, 2.05) is 19.1 Å². The van der Waals surface area contributed by atoms with Crippen molar-refractivity contribution in [1.82, 2.24) is 5.32 Å². The van der Waals surface area contributed by atoms with Crippen LogP contribution in [0.3, 0.4) is 0 Å². The minimum absolute atomic E-state index is 0.157. The SMILES string of the molecule is Cc1cccc(CNCc2ccc3c(c2)N=C(N)C(C)O3)c1C. The van der Waals surface area contributed by atoms with Crippen LogP contribution in [0.4, 0.5) is 5.69 Å². The minimum Gasteiger partial charge on any atom is -0.481 e. The third kappa shape index (κ3) is 3.37. The summed E-state index contributed by atoms with van der Waals surface area (Å²) < 4.78 is 5.73. The Hall–Kier alpha value is -2.33. The number of aryl methyl sites for hydroxylation is 1. The third-order valence-corrected chi connectivity index (χ3v) is 4.35. The van der Waals surface area contributed by atoms with Gasteiger partial charge in [0.2, 0.25) is 0 Å². The molecule has 0 fully saturated rings. The molecule has 0 amide bonds. The van der Waals surface area contributed by atoms with Gasteiger partial charge >= 0.3 is 0 Å². The summed E-state index contributed by atoms with van der Waals surface area (Å²) in [5, 5.41) is 3.49. The normalized spacial score (nSPS) is 16.5. The molecule has 1 aliphatic heterocycles. The van der Waals surface area contributed by atoms with Crippen molar-refractivity contribution in [3.8, 4) is 5.75 Å². The molecule has 0 aromatic heterocycles. The molecular weight excluding hydrogens is 286 g/mol. The van der Waals surface area contributed by atoms with E-state index >= 15 is 0 Å². The molecule has 0 aliphatic carbocycles. The molecule has 2 aromatic carbocycles. The zero-order valence-corrected chi connectivity index (χ0v) is 13.9. The second-order valence-electron chi connectivity index (χ2n) is 6.06. The van der Waals surface area contributed by atoms with Crippen molar-refractivity contribution in [3.05, 3.63) is 58.7 Å². The average molecular weight is 309 g/mol. The number of amidine groups is 1. The van der Waals surface area contributed by atoms with Crippen molar-refractivity contribution in [1.29, 1.82) is 0 Å². The lowest BCUT2D eigenvalue weighted by atomic mass is 10.0. The van der Waals surface area contributed by atoms with Gasteiger partial charge in [0, 0.05) is 13.1 Å². The highest BCUT2D eigenvalue weighted by Crippen LogP contribution is 2.32. The summed E-state index contributed by atoms with van der Waals surface area (Å²) in [6.07, 6.45) is -0.157. The first-order valence-electron chi connectivity index (χ1n) is 7.94. The molecule has 0 bridgehead atoms. The van der Waals surface area contributed by atoms with Crippen molar-refractivity contribution >= 4 is 11.5 Å². The van der Waals surface area contributed by atoms with Crippen molar-refractivity contribution in [2.75, 3.05) is 0 Å². The molecule has 4 nitrogen and oxygen atoms in total. The molecule has 3 N–H and O–H groups in total. The number of hydrogen-bond acceptors (Lipinski definition) is 4. The molecule has 0 saturated heterocycles. The van der Waals surface area contributed by atoms with Gasteiger partial charge in [-0.1, -0.05) is 24.3 Å². The molecule has 1 atom stereocenters. The summed E-state index contributed by atoms with van der Waals surface area (Å²) in [6.45, 7) is 7.85. The monoisotopic (exact) mass is 309 g/mol. The molecule has 1 heterocycles. The highest BCUT2D eigenvalue weighted by Gasteiger charge is 2.18. The smallest absolute Gasteiger partial charge is 0.153 e. The van der Waals surface area contributed by atoms with Gasteiger partial charge in [0.1, 0.15) is 17.3 Å². The quantitative estimate of drug-likeness (QED) is 0.910. The van der Waals surface area contributed by atoms with Gasteiger partial charge in [-0.3, -0.25) is 0 Å². The number of nitrogens with one attached hydrogen (secondary N) is 1. The maximum absolute atomic E-state index is 5.86. The second-order valence-corrected chi connectivity index (χ2v) is 6.06. The highest BCUT2D eigenvalue weighted by molar-refractivity contribution is 5.89. The molecule has 2 aromatic rings. The second kappa shape index (κ2) is 6.42. The Morgan fingerprint density at radius 2 is 2.00 bits per heavy atom. The lowest BCUT2D eigenvalue weighted by Crippen LogP contribution is -2.33. The number of hydrogen-bond donors (Lipinski definition) is 2. The van der Waals surface area contributed by atoms with E-state index in [1.165, 1.54) is 22.3 Å². The lowest BCUT2D eigenvalue weighted by Gasteiger charge is -2.21. The number of aliphatic imine (C=N–C) groups is 1. The van der Waals surface area contributed by atoms with Crippen molar-refractivity contribution < 1.29 is 4.74 Å². The van der Waals surface area contributed by atoms with Gasteiger partial charge in [0.25, 0.3) is 0 Å². The predicted molar refractivity (Wildman–Crippen MR) is 94.3 cm³/mol. The zero-order valence-electron chi connectivity index (χ0n) is 13.9. The van der Waals surface area contributed by atoms with Crippen LogP contribution in [0.5, 0.6) is 5.75 Å². The molecule has 0 saturated carbocycles. The molecule has 1 aliphatic rings. The van der Waals surface area contributed by atoms with Crippen LogP contribution in [-0.2, 0) is 13.1 Å². The number of ether oxygens (including phenoxy) is 1. The molecule has 120 valence electrons. The third-order valence-electron chi connectivity index (χ3n) is 4.35. The van der Waals surface area contributed by atoms with Crippen LogP contribution in [0.2, 0.25) is 0 Å². The van der Waals surface area contributed by atoms with E-state index in [9.17, 15) is 0 Å². The van der Waals surface area contributed by atoms with Crippen LogP contribution in [0.15, 0.2) is 41.4 Å². The number of nitrogens with zero attached hydrogens (tertiary/aromatic N) is 1. The number of rotatable bonds is 4. The number of benzene rings is 2. The summed E-state index contributed by atoms with van der Waals surface area (Å²) in [5.41, 5.74) is 11.9. The van der Waals surface area contributed by atoms with E-state index in [0.717, 1.165) is 24.5 Å². The van der Waals surface area contributed by atoms with Crippen LogP contribution >= 0.6 is 0 Å². The van der Waals surface area contributed by atoms with E-state index in [-0.39, 0.29) is 6.10 Å². The van der Waals surface area contributed by atoms with Crippen molar-refractivity contribution in [2.45, 2.75) is 40.0 Å². The van der Waals surface area contributed by atoms with Gasteiger partial charge in [-0.2, -0.15) is 0 Å². The van der Waals surface area contributed by atoms with E-state index in [1.54, 1.807) is 0 Å². The highest BCUT2D eigenvalue weighted by atomic mass is 16.5. The van der Waals surface area contributed by atoms with Crippen molar-refractivity contribution in [3.63, 3.8) is 0 Å². The van der Waals surface area contributed by atoms with Crippen LogP contribution in [0.25, 0.3) is 0 Å². The Morgan fingerprint density at radius 3 is 2.83 bits per heavy atom. The van der Waals surface area contributed by atoms with Crippen LogP contribution < -0.4 is 15.8 Å². The fraction of sp³-hybridized carbons (Fsp3) is 0.316. The first-order valence-corrected chi connectivity index (χ1v) is 7.94. The summed E-state index contributed by atoms with van der Waals surface area (Å²) >= 11 is 0. The largest absolute Gasteiger partial charge is 0.481 e. The van der Waals surface area contributed by atoms with Gasteiger partial charge in [0.15, 0.2) is 6.10 Å². The Bertz CT molecular complexity index is 752. The minimum atomic E-state index is -0.157. The Morgan fingerprint density at radius 1 is 1.17 bits per heavy atom. The average Bonchev–Trinajstić information content (AvgIpc) is 2.53. The van der Waals surface area contributed by atoms with E-state index in [4.69, 9.17) is 10.5 Å². The number of fused-ring (bicyclic) bond motifs is 1. The maximum Gasteiger partial charge on any atom is 0.153 e. The summed E-state index contributed by atoms with van der Waals surface area (Å²) in [4.78, 5) is 4.42. The fourth-order valence-corrected chi connectivity index (χ4v) is 2.69. The predicted octanol–water partition coefficient (Wildman–Crippen LogP) is 3.36. The standard InChI is InChI=1S/C19H23N3O/c1-12-5-4-6-16(13(12)2)11-21-10-15-7-8-18-17(9-15)22-19(20)14(3)23-18/h4-9,14,21H,10-11H2,1-3H3,(H2,20,22). The molecule has 0 spiro atoms. The van der Waals surface area contributed by atoms with E-state index in [0.29, 0.717) is 5.84 Å².